The van der Waals surface area contributed by atoms with Gasteiger partial charge in [0.15, 0.2) is 0 Å². The lowest BCUT2D eigenvalue weighted by molar-refractivity contribution is -0.143. The Kier molecular flexibility index (Phi) is 7.57. The zero-order valence-electron chi connectivity index (χ0n) is 19.4. The zero-order valence-corrected chi connectivity index (χ0v) is 19.4. The molecule has 0 radical (unpaired) electrons. The van der Waals surface area contributed by atoms with Crippen LogP contribution in [0.4, 0.5) is 4.79 Å². The molecular formula is C26H32N2O4. The third-order valence-corrected chi connectivity index (χ3v) is 5.21. The first-order chi connectivity index (χ1) is 15.3. The molecule has 2 aromatic carbocycles. The largest absolute Gasteiger partial charge is 0.459 e. The van der Waals surface area contributed by atoms with E-state index in [2.05, 4.69) is 36.6 Å². The highest BCUT2D eigenvalue weighted by Gasteiger charge is 2.33. The lowest BCUT2D eigenvalue weighted by atomic mass is 9.93. The van der Waals surface area contributed by atoms with Gasteiger partial charge >= 0.3 is 12.0 Å². The van der Waals surface area contributed by atoms with Crippen LogP contribution in [0.5, 0.6) is 11.5 Å². The fraction of sp³-hybridized carbons (Fsp3) is 0.385. The molecule has 0 aliphatic carbocycles. The van der Waals surface area contributed by atoms with E-state index < -0.39 is 12.0 Å². The first-order valence-corrected chi connectivity index (χ1v) is 11.2. The number of carbonyl (C=O) groups is 2. The molecule has 2 amide bonds. The number of urea groups is 1. The van der Waals surface area contributed by atoms with E-state index >= 15 is 0 Å². The summed E-state index contributed by atoms with van der Waals surface area (Å²) in [6.07, 6.45) is 1.12. The van der Waals surface area contributed by atoms with E-state index in [9.17, 15) is 9.59 Å². The van der Waals surface area contributed by atoms with Gasteiger partial charge in [0.25, 0.3) is 0 Å². The van der Waals surface area contributed by atoms with Gasteiger partial charge in [-0.2, -0.15) is 0 Å². The van der Waals surface area contributed by atoms with Gasteiger partial charge in [-0.15, -0.1) is 0 Å². The molecule has 6 heteroatoms. The summed E-state index contributed by atoms with van der Waals surface area (Å²) in [4.78, 5) is 25.1. The zero-order chi connectivity index (χ0) is 23.3. The summed E-state index contributed by atoms with van der Waals surface area (Å²) in [6, 6.07) is 14.5. The molecule has 0 spiro atoms. The Morgan fingerprint density at radius 1 is 0.969 bits per heavy atom. The first-order valence-electron chi connectivity index (χ1n) is 11.2. The van der Waals surface area contributed by atoms with Crippen LogP contribution in [0.15, 0.2) is 59.8 Å². The summed E-state index contributed by atoms with van der Waals surface area (Å²) >= 11 is 0. The van der Waals surface area contributed by atoms with Gasteiger partial charge in [0.05, 0.1) is 17.7 Å². The van der Waals surface area contributed by atoms with E-state index in [0.29, 0.717) is 29.4 Å². The second-order valence-corrected chi connectivity index (χ2v) is 8.52. The molecule has 2 aromatic rings. The SMILES string of the molecule is CCCC1=C(C(=O)OC(C)C)C(c2ccc(Oc3ccc(C(C)C)cc3)cc2)NC(=O)N1. The number of benzene rings is 2. The summed E-state index contributed by atoms with van der Waals surface area (Å²) in [5.41, 5.74) is 3.09. The molecule has 3 rings (SSSR count). The molecule has 32 heavy (non-hydrogen) atoms. The van der Waals surface area contributed by atoms with Crippen LogP contribution in [0.2, 0.25) is 0 Å². The van der Waals surface area contributed by atoms with Crippen molar-refractivity contribution in [1.29, 1.82) is 0 Å². The summed E-state index contributed by atoms with van der Waals surface area (Å²) in [5.74, 6) is 1.47. The monoisotopic (exact) mass is 436 g/mol. The molecule has 0 bridgehead atoms. The van der Waals surface area contributed by atoms with E-state index in [0.717, 1.165) is 17.7 Å². The Hall–Kier alpha value is -3.28. The van der Waals surface area contributed by atoms with Crippen LogP contribution in [0.3, 0.4) is 0 Å². The first kappa shape index (κ1) is 23.4. The third-order valence-electron chi connectivity index (χ3n) is 5.21. The van der Waals surface area contributed by atoms with Gasteiger partial charge < -0.3 is 20.1 Å². The molecule has 2 N–H and O–H groups in total. The minimum Gasteiger partial charge on any atom is -0.459 e. The summed E-state index contributed by atoms with van der Waals surface area (Å²) in [6.45, 7) is 9.92. The van der Waals surface area contributed by atoms with Crippen molar-refractivity contribution < 1.29 is 19.1 Å². The van der Waals surface area contributed by atoms with Crippen molar-refractivity contribution in [2.24, 2.45) is 0 Å². The molecule has 6 nitrogen and oxygen atoms in total. The lowest BCUT2D eigenvalue weighted by Gasteiger charge is -2.30. The Balaban J connectivity index is 1.85. The van der Waals surface area contributed by atoms with Crippen LogP contribution >= 0.6 is 0 Å². The number of hydrogen-bond donors (Lipinski definition) is 2. The topological polar surface area (TPSA) is 76.7 Å². The van der Waals surface area contributed by atoms with E-state index in [1.54, 1.807) is 0 Å². The average molecular weight is 437 g/mol. The highest BCUT2D eigenvalue weighted by molar-refractivity contribution is 5.95. The fourth-order valence-corrected chi connectivity index (χ4v) is 3.62. The van der Waals surface area contributed by atoms with Gasteiger partial charge in [-0.3, -0.25) is 0 Å². The molecule has 1 aliphatic rings. The Bertz CT molecular complexity index is 976. The minimum atomic E-state index is -0.587. The minimum absolute atomic E-state index is 0.256. The predicted octanol–water partition coefficient (Wildman–Crippen LogP) is 5.96. The van der Waals surface area contributed by atoms with E-state index in [1.165, 1.54) is 5.56 Å². The summed E-state index contributed by atoms with van der Waals surface area (Å²) < 4.78 is 11.4. The fourth-order valence-electron chi connectivity index (χ4n) is 3.62. The van der Waals surface area contributed by atoms with Crippen LogP contribution in [0, 0.1) is 0 Å². The smallest absolute Gasteiger partial charge is 0.338 e. The summed E-state index contributed by atoms with van der Waals surface area (Å²) in [5, 5.41) is 5.64. The molecule has 1 aliphatic heterocycles. The van der Waals surface area contributed by atoms with Crippen LogP contribution in [0.25, 0.3) is 0 Å². The molecule has 0 fully saturated rings. The highest BCUT2D eigenvalue weighted by atomic mass is 16.5. The maximum atomic E-state index is 12.9. The standard InChI is InChI=1S/C26H32N2O4/c1-6-7-22-23(25(29)31-17(4)5)24(28-26(30)27-22)19-10-14-21(15-11-19)32-20-12-8-18(9-13-20)16(2)3/h8-17,24H,6-7H2,1-5H3,(H2,27,28,30). The molecule has 0 saturated carbocycles. The number of esters is 1. The van der Waals surface area contributed by atoms with E-state index in [1.807, 2.05) is 57.2 Å². The Morgan fingerprint density at radius 3 is 2.09 bits per heavy atom. The number of amides is 2. The van der Waals surface area contributed by atoms with Crippen molar-refractivity contribution in [3.05, 3.63) is 70.9 Å². The van der Waals surface area contributed by atoms with Gasteiger partial charge in [-0.25, -0.2) is 9.59 Å². The van der Waals surface area contributed by atoms with Crippen LogP contribution in [0.1, 0.15) is 70.5 Å². The molecule has 170 valence electrons. The van der Waals surface area contributed by atoms with Crippen molar-refractivity contribution in [2.45, 2.75) is 65.5 Å². The van der Waals surface area contributed by atoms with Gasteiger partial charge in [0.1, 0.15) is 11.5 Å². The Labute approximate surface area is 190 Å². The third kappa shape index (κ3) is 5.69. The van der Waals surface area contributed by atoms with Gasteiger partial charge in [0.2, 0.25) is 0 Å². The molecule has 1 unspecified atom stereocenters. The second-order valence-electron chi connectivity index (χ2n) is 8.52. The number of ether oxygens (including phenoxy) is 2. The number of nitrogens with one attached hydrogen (secondary N) is 2. The number of rotatable bonds is 8. The van der Waals surface area contributed by atoms with E-state index in [4.69, 9.17) is 9.47 Å². The van der Waals surface area contributed by atoms with E-state index in [-0.39, 0.29) is 12.1 Å². The summed E-state index contributed by atoms with van der Waals surface area (Å²) in [7, 11) is 0. The van der Waals surface area contributed by atoms with Crippen molar-refractivity contribution in [3.8, 4) is 11.5 Å². The molecule has 1 heterocycles. The second kappa shape index (κ2) is 10.4. The molecular weight excluding hydrogens is 404 g/mol. The Morgan fingerprint density at radius 2 is 1.56 bits per heavy atom. The van der Waals surface area contributed by atoms with Crippen molar-refractivity contribution in [1.82, 2.24) is 10.6 Å². The average Bonchev–Trinajstić information content (AvgIpc) is 2.74. The van der Waals surface area contributed by atoms with Gasteiger partial charge in [-0.1, -0.05) is 51.5 Å². The van der Waals surface area contributed by atoms with Crippen molar-refractivity contribution in [2.75, 3.05) is 0 Å². The number of carbonyl (C=O) groups excluding carboxylic acids is 2. The van der Waals surface area contributed by atoms with Crippen LogP contribution < -0.4 is 15.4 Å². The predicted molar refractivity (Wildman–Crippen MR) is 125 cm³/mol. The van der Waals surface area contributed by atoms with Crippen LogP contribution in [-0.2, 0) is 9.53 Å². The van der Waals surface area contributed by atoms with Crippen molar-refractivity contribution in [3.63, 3.8) is 0 Å². The quantitative estimate of drug-likeness (QED) is 0.501. The van der Waals surface area contributed by atoms with Gasteiger partial charge in [-0.05, 0) is 61.6 Å². The molecule has 1 atom stereocenters. The molecule has 0 aromatic heterocycles. The lowest BCUT2D eigenvalue weighted by Crippen LogP contribution is -2.46. The maximum absolute atomic E-state index is 12.9. The van der Waals surface area contributed by atoms with Gasteiger partial charge in [0, 0.05) is 5.70 Å². The molecule has 0 saturated heterocycles. The number of hydrogen-bond acceptors (Lipinski definition) is 4. The normalized spacial score (nSPS) is 16.1. The highest BCUT2D eigenvalue weighted by Crippen LogP contribution is 2.32. The van der Waals surface area contributed by atoms with Crippen LogP contribution in [-0.4, -0.2) is 18.1 Å². The maximum Gasteiger partial charge on any atom is 0.338 e. The number of allylic oxidation sites excluding steroid dienone is 1. The van der Waals surface area contributed by atoms with Crippen molar-refractivity contribution >= 4 is 12.0 Å².